The number of nitrogens with one attached hydrogen (secondary N) is 1. The summed E-state index contributed by atoms with van der Waals surface area (Å²) < 4.78 is 0. The summed E-state index contributed by atoms with van der Waals surface area (Å²) in [4.78, 5) is 10.4. The molecule has 0 aromatic rings. The van der Waals surface area contributed by atoms with E-state index in [2.05, 4.69) is 5.32 Å². The third kappa shape index (κ3) is 5.05. The summed E-state index contributed by atoms with van der Waals surface area (Å²) in [5.41, 5.74) is 0. The minimum Gasteiger partial charge on any atom is -0.307 e. The average molecular weight is 125 g/mol. The zero-order chi connectivity index (χ0) is 7.28. The maximum Gasteiger partial charge on any atom is 0.218 e. The highest BCUT2D eigenvalue weighted by atomic mass is 16.1. The molecule has 0 amide bonds. The van der Waals surface area contributed by atoms with Gasteiger partial charge in [0.15, 0.2) is 0 Å². The summed E-state index contributed by atoms with van der Waals surface area (Å²) >= 11 is 0. The summed E-state index contributed by atoms with van der Waals surface area (Å²) in [6, 6.07) is 0.322. The molecule has 0 saturated carbocycles. The molecule has 0 rings (SSSR count). The Morgan fingerprint density at radius 3 is 2.67 bits per heavy atom. The number of hydrogen-bond donors (Lipinski definition) is 1. The van der Waals surface area contributed by atoms with Crippen molar-refractivity contribution in [3.05, 3.63) is 0 Å². The third-order valence-electron chi connectivity index (χ3n) is 0.832. The van der Waals surface area contributed by atoms with Crippen LogP contribution in [-0.4, -0.2) is 18.4 Å². The maximum absolute atomic E-state index is 10.4. The maximum atomic E-state index is 10.4. The standard InChI is InChI=1S/C7H11NO/c1-4-7(9)5-8-6(2)3/h1,6,8H,5H2,2-3H3. The van der Waals surface area contributed by atoms with Crippen molar-refractivity contribution in [1.29, 1.82) is 0 Å². The second kappa shape index (κ2) is 4.11. The molecule has 0 bridgehead atoms. The van der Waals surface area contributed by atoms with Gasteiger partial charge in [0.05, 0.1) is 6.54 Å². The van der Waals surface area contributed by atoms with E-state index in [-0.39, 0.29) is 12.3 Å². The average Bonchev–Trinajstić information content (AvgIpc) is 1.83. The van der Waals surface area contributed by atoms with Crippen molar-refractivity contribution in [1.82, 2.24) is 5.32 Å². The van der Waals surface area contributed by atoms with Gasteiger partial charge in [-0.2, -0.15) is 0 Å². The second-order valence-electron chi connectivity index (χ2n) is 2.10. The molecular formula is C7H11NO. The van der Waals surface area contributed by atoms with E-state index in [0.29, 0.717) is 6.04 Å². The van der Waals surface area contributed by atoms with E-state index in [1.165, 1.54) is 0 Å². The molecule has 2 nitrogen and oxygen atoms in total. The van der Waals surface area contributed by atoms with Crippen molar-refractivity contribution >= 4 is 5.78 Å². The molecule has 0 aliphatic carbocycles. The highest BCUT2D eigenvalue weighted by molar-refractivity contribution is 5.96. The molecule has 0 aliphatic heterocycles. The largest absolute Gasteiger partial charge is 0.307 e. The number of terminal acetylenes is 1. The molecule has 2 heteroatoms. The Kier molecular flexibility index (Phi) is 3.74. The molecule has 50 valence electrons. The third-order valence-corrected chi connectivity index (χ3v) is 0.832. The summed E-state index contributed by atoms with van der Waals surface area (Å²) in [5, 5.41) is 2.90. The van der Waals surface area contributed by atoms with Crippen LogP contribution in [0.25, 0.3) is 0 Å². The van der Waals surface area contributed by atoms with Gasteiger partial charge < -0.3 is 5.32 Å². The lowest BCUT2D eigenvalue weighted by atomic mass is 10.3. The topological polar surface area (TPSA) is 29.1 Å². The fourth-order valence-electron chi connectivity index (χ4n) is 0.348. The lowest BCUT2D eigenvalue weighted by Gasteiger charge is -2.02. The zero-order valence-electron chi connectivity index (χ0n) is 5.77. The molecule has 0 radical (unpaired) electrons. The zero-order valence-corrected chi connectivity index (χ0v) is 5.77. The number of carbonyl (C=O) groups is 1. The van der Waals surface area contributed by atoms with Crippen molar-refractivity contribution in [2.24, 2.45) is 0 Å². The number of ketones is 1. The minimum absolute atomic E-state index is 0.191. The van der Waals surface area contributed by atoms with Crippen molar-refractivity contribution in [2.75, 3.05) is 6.54 Å². The van der Waals surface area contributed by atoms with E-state index in [1.54, 1.807) is 0 Å². The summed E-state index contributed by atoms with van der Waals surface area (Å²) in [5.74, 6) is 1.83. The van der Waals surface area contributed by atoms with Crippen LogP contribution in [-0.2, 0) is 4.79 Å². The molecule has 1 N–H and O–H groups in total. The first-order valence-corrected chi connectivity index (χ1v) is 2.89. The van der Waals surface area contributed by atoms with Crippen LogP contribution in [0, 0.1) is 12.3 Å². The Morgan fingerprint density at radius 2 is 2.33 bits per heavy atom. The molecule has 0 spiro atoms. The lowest BCUT2D eigenvalue weighted by molar-refractivity contribution is -0.113. The molecular weight excluding hydrogens is 114 g/mol. The monoisotopic (exact) mass is 125 g/mol. The van der Waals surface area contributed by atoms with Crippen LogP contribution in [0.15, 0.2) is 0 Å². The minimum atomic E-state index is -0.191. The predicted molar refractivity (Wildman–Crippen MR) is 37.0 cm³/mol. The Bertz CT molecular complexity index is 132. The van der Waals surface area contributed by atoms with Crippen LogP contribution in [0.1, 0.15) is 13.8 Å². The van der Waals surface area contributed by atoms with Gasteiger partial charge in [0.25, 0.3) is 0 Å². The van der Waals surface area contributed by atoms with Gasteiger partial charge in [-0.1, -0.05) is 13.8 Å². The molecule has 0 saturated heterocycles. The molecule has 0 unspecified atom stereocenters. The van der Waals surface area contributed by atoms with Gasteiger partial charge in [-0.25, -0.2) is 0 Å². The number of rotatable bonds is 3. The number of hydrogen-bond acceptors (Lipinski definition) is 2. The smallest absolute Gasteiger partial charge is 0.218 e. The Labute approximate surface area is 55.6 Å². The van der Waals surface area contributed by atoms with Crippen LogP contribution in [0.3, 0.4) is 0 Å². The Balaban J connectivity index is 3.31. The molecule has 0 fully saturated rings. The Morgan fingerprint density at radius 1 is 1.78 bits per heavy atom. The lowest BCUT2D eigenvalue weighted by Crippen LogP contribution is -2.28. The van der Waals surface area contributed by atoms with Crippen molar-refractivity contribution in [3.8, 4) is 12.3 Å². The first kappa shape index (κ1) is 8.19. The van der Waals surface area contributed by atoms with E-state index in [9.17, 15) is 4.79 Å². The van der Waals surface area contributed by atoms with E-state index in [4.69, 9.17) is 6.42 Å². The fourth-order valence-corrected chi connectivity index (χ4v) is 0.348. The van der Waals surface area contributed by atoms with E-state index >= 15 is 0 Å². The highest BCUT2D eigenvalue weighted by Crippen LogP contribution is 1.74. The molecule has 0 heterocycles. The van der Waals surface area contributed by atoms with E-state index in [0.717, 1.165) is 0 Å². The molecule has 0 aromatic carbocycles. The van der Waals surface area contributed by atoms with Crippen LogP contribution in [0.5, 0.6) is 0 Å². The SMILES string of the molecule is C#CC(=O)CNC(C)C. The first-order chi connectivity index (χ1) is 4.16. The number of carbonyl (C=O) groups excluding carboxylic acids is 1. The van der Waals surface area contributed by atoms with Crippen LogP contribution in [0.2, 0.25) is 0 Å². The fraction of sp³-hybridized carbons (Fsp3) is 0.571. The molecule has 0 atom stereocenters. The molecule has 9 heavy (non-hydrogen) atoms. The van der Waals surface area contributed by atoms with Crippen LogP contribution in [0.4, 0.5) is 0 Å². The van der Waals surface area contributed by atoms with Crippen molar-refractivity contribution in [3.63, 3.8) is 0 Å². The van der Waals surface area contributed by atoms with Crippen molar-refractivity contribution < 1.29 is 4.79 Å². The normalized spacial score (nSPS) is 9.11. The van der Waals surface area contributed by atoms with Gasteiger partial charge in [-0.05, 0) is 5.92 Å². The van der Waals surface area contributed by atoms with Gasteiger partial charge in [-0.3, -0.25) is 4.79 Å². The second-order valence-corrected chi connectivity index (χ2v) is 2.10. The van der Waals surface area contributed by atoms with Gasteiger partial charge >= 0.3 is 0 Å². The predicted octanol–water partition coefficient (Wildman–Crippen LogP) is 0.187. The van der Waals surface area contributed by atoms with Gasteiger partial charge in [-0.15, -0.1) is 6.42 Å². The Hall–Kier alpha value is -0.810. The quantitative estimate of drug-likeness (QED) is 0.431. The van der Waals surface area contributed by atoms with Gasteiger partial charge in [0, 0.05) is 6.04 Å². The summed E-state index contributed by atoms with van der Waals surface area (Å²) in [7, 11) is 0. The van der Waals surface area contributed by atoms with E-state index in [1.807, 2.05) is 19.8 Å². The first-order valence-electron chi connectivity index (χ1n) is 2.89. The van der Waals surface area contributed by atoms with Gasteiger partial charge in [0.2, 0.25) is 5.78 Å². The van der Waals surface area contributed by atoms with E-state index < -0.39 is 0 Å². The van der Waals surface area contributed by atoms with Gasteiger partial charge in [0.1, 0.15) is 0 Å². The van der Waals surface area contributed by atoms with Crippen LogP contribution >= 0.6 is 0 Å². The summed E-state index contributed by atoms with van der Waals surface area (Å²) in [6.07, 6.45) is 4.82. The molecule has 0 aromatic heterocycles. The number of Topliss-reactive ketones (excluding diaryl/α,β-unsaturated/α-hetero) is 1. The van der Waals surface area contributed by atoms with Crippen molar-refractivity contribution in [2.45, 2.75) is 19.9 Å². The summed E-state index contributed by atoms with van der Waals surface area (Å²) in [6.45, 7) is 4.21. The molecule has 0 aliphatic rings. The van der Waals surface area contributed by atoms with Crippen LogP contribution < -0.4 is 5.32 Å². The highest BCUT2D eigenvalue weighted by Gasteiger charge is 1.95.